The van der Waals surface area contributed by atoms with Gasteiger partial charge >= 0.3 is 5.97 Å². The molecule has 0 aliphatic heterocycles. The van der Waals surface area contributed by atoms with Crippen molar-refractivity contribution in [2.45, 2.75) is 25.2 Å². The SMILES string of the molecule is N#Cc1ccccc1NC(=O)COC(=O)c1c2c(nc3ccccc13)CCC(c1ccccc1)C2. The highest BCUT2D eigenvalue weighted by molar-refractivity contribution is 6.06. The van der Waals surface area contributed by atoms with Crippen molar-refractivity contribution in [1.29, 1.82) is 5.26 Å². The number of fused-ring (bicyclic) bond motifs is 2. The van der Waals surface area contributed by atoms with E-state index in [0.717, 1.165) is 35.0 Å². The molecule has 1 N–H and O–H groups in total. The zero-order valence-electron chi connectivity index (χ0n) is 19.0. The molecular formula is C29H23N3O3. The molecule has 1 aliphatic carbocycles. The lowest BCUT2D eigenvalue weighted by molar-refractivity contribution is -0.119. The van der Waals surface area contributed by atoms with Crippen LogP contribution in [0.2, 0.25) is 0 Å². The van der Waals surface area contributed by atoms with Gasteiger partial charge in [0.15, 0.2) is 6.61 Å². The zero-order valence-corrected chi connectivity index (χ0v) is 19.0. The van der Waals surface area contributed by atoms with Gasteiger partial charge in [0.05, 0.1) is 22.3 Å². The van der Waals surface area contributed by atoms with Gasteiger partial charge in [0, 0.05) is 11.1 Å². The first-order valence-corrected chi connectivity index (χ1v) is 11.6. The average molecular weight is 462 g/mol. The molecule has 6 heteroatoms. The van der Waals surface area contributed by atoms with Crippen molar-refractivity contribution in [2.75, 3.05) is 11.9 Å². The molecule has 1 aromatic heterocycles. The first-order chi connectivity index (χ1) is 17.1. The molecule has 0 saturated carbocycles. The summed E-state index contributed by atoms with van der Waals surface area (Å²) in [6.45, 7) is -0.452. The maximum atomic E-state index is 13.4. The number of carbonyl (C=O) groups is 2. The van der Waals surface area contributed by atoms with Gasteiger partial charge < -0.3 is 10.1 Å². The third-order valence-electron chi connectivity index (χ3n) is 6.39. The molecular weight excluding hydrogens is 438 g/mol. The number of esters is 1. The second-order valence-electron chi connectivity index (χ2n) is 8.56. The molecule has 1 unspecified atom stereocenters. The summed E-state index contributed by atoms with van der Waals surface area (Å²) in [7, 11) is 0. The Kier molecular flexibility index (Phi) is 6.23. The van der Waals surface area contributed by atoms with E-state index in [1.807, 2.05) is 48.5 Å². The first kappa shape index (κ1) is 22.3. The summed E-state index contributed by atoms with van der Waals surface area (Å²) >= 11 is 0. The summed E-state index contributed by atoms with van der Waals surface area (Å²) in [5.74, 6) is -0.767. The van der Waals surface area contributed by atoms with Gasteiger partial charge in [0.25, 0.3) is 5.91 Å². The number of nitrogens with zero attached hydrogens (tertiary/aromatic N) is 2. The van der Waals surface area contributed by atoms with Crippen LogP contribution in [0.3, 0.4) is 0 Å². The standard InChI is InChI=1S/C29H23N3O3/c30-17-21-10-4-6-12-24(21)32-27(33)18-35-29(34)28-22-11-5-7-13-25(22)31-26-15-14-20(16-23(26)28)19-8-2-1-3-9-19/h1-13,20H,14-16,18H2,(H,32,33). The molecule has 0 saturated heterocycles. The number of rotatable bonds is 5. The molecule has 4 aromatic rings. The van der Waals surface area contributed by atoms with Crippen LogP contribution in [0.15, 0.2) is 78.9 Å². The summed E-state index contributed by atoms with van der Waals surface area (Å²) < 4.78 is 5.49. The third kappa shape index (κ3) is 4.62. The number of para-hydroxylation sites is 2. The topological polar surface area (TPSA) is 92.1 Å². The van der Waals surface area contributed by atoms with Crippen LogP contribution in [-0.2, 0) is 22.4 Å². The van der Waals surface area contributed by atoms with Crippen LogP contribution in [0.25, 0.3) is 10.9 Å². The molecule has 0 spiro atoms. The smallest absolute Gasteiger partial charge is 0.339 e. The number of benzene rings is 3. The van der Waals surface area contributed by atoms with Crippen molar-refractivity contribution in [3.63, 3.8) is 0 Å². The van der Waals surface area contributed by atoms with E-state index >= 15 is 0 Å². The van der Waals surface area contributed by atoms with Crippen LogP contribution in [-0.4, -0.2) is 23.5 Å². The van der Waals surface area contributed by atoms with E-state index in [2.05, 4.69) is 17.4 Å². The lowest BCUT2D eigenvalue weighted by Crippen LogP contribution is -2.24. The monoisotopic (exact) mass is 461 g/mol. The second kappa shape index (κ2) is 9.78. The molecule has 1 heterocycles. The number of aryl methyl sites for hydroxylation is 1. The number of carbonyl (C=O) groups excluding carboxylic acids is 2. The minimum Gasteiger partial charge on any atom is -0.452 e. The highest BCUT2D eigenvalue weighted by atomic mass is 16.5. The van der Waals surface area contributed by atoms with Crippen LogP contribution in [0.4, 0.5) is 5.69 Å². The van der Waals surface area contributed by atoms with E-state index in [9.17, 15) is 14.9 Å². The van der Waals surface area contributed by atoms with Crippen LogP contribution in [0, 0.1) is 11.3 Å². The van der Waals surface area contributed by atoms with Crippen molar-refractivity contribution in [3.05, 3.63) is 107 Å². The Balaban J connectivity index is 1.41. The van der Waals surface area contributed by atoms with E-state index in [0.29, 0.717) is 23.2 Å². The van der Waals surface area contributed by atoms with Gasteiger partial charge in [-0.25, -0.2) is 4.79 Å². The summed E-state index contributed by atoms with van der Waals surface area (Å²) in [6, 6.07) is 26.5. The predicted octanol–water partition coefficient (Wildman–Crippen LogP) is 5.17. The van der Waals surface area contributed by atoms with Gasteiger partial charge in [0.1, 0.15) is 6.07 Å². The molecule has 35 heavy (non-hydrogen) atoms. The Morgan fingerprint density at radius 3 is 2.57 bits per heavy atom. The summed E-state index contributed by atoms with van der Waals surface area (Å²) in [5, 5.41) is 12.6. The molecule has 1 atom stereocenters. The number of hydrogen-bond donors (Lipinski definition) is 1. The Labute approximate surface area is 203 Å². The lowest BCUT2D eigenvalue weighted by Gasteiger charge is -2.26. The van der Waals surface area contributed by atoms with E-state index in [-0.39, 0.29) is 5.92 Å². The zero-order chi connectivity index (χ0) is 24.2. The number of amides is 1. The predicted molar refractivity (Wildman–Crippen MR) is 133 cm³/mol. The van der Waals surface area contributed by atoms with Gasteiger partial charge in [-0.3, -0.25) is 9.78 Å². The number of nitriles is 1. The molecule has 1 aliphatic rings. The fourth-order valence-corrected chi connectivity index (χ4v) is 4.71. The Bertz CT molecular complexity index is 1460. The lowest BCUT2D eigenvalue weighted by atomic mass is 9.80. The Hall–Kier alpha value is -4.50. The van der Waals surface area contributed by atoms with Gasteiger partial charge in [0.2, 0.25) is 0 Å². The maximum absolute atomic E-state index is 13.4. The van der Waals surface area contributed by atoms with E-state index in [4.69, 9.17) is 9.72 Å². The molecule has 172 valence electrons. The fraction of sp³-hybridized carbons (Fsp3) is 0.172. The largest absolute Gasteiger partial charge is 0.452 e. The normalized spacial score (nSPS) is 14.5. The van der Waals surface area contributed by atoms with Gasteiger partial charge in [-0.2, -0.15) is 5.26 Å². The Morgan fingerprint density at radius 1 is 1.00 bits per heavy atom. The number of hydrogen-bond acceptors (Lipinski definition) is 5. The van der Waals surface area contributed by atoms with Crippen molar-refractivity contribution >= 4 is 28.5 Å². The van der Waals surface area contributed by atoms with Crippen molar-refractivity contribution in [3.8, 4) is 6.07 Å². The number of anilines is 1. The number of ether oxygens (including phenoxy) is 1. The molecule has 0 radical (unpaired) electrons. The molecule has 0 bridgehead atoms. The van der Waals surface area contributed by atoms with Crippen LogP contribution >= 0.6 is 0 Å². The molecule has 6 nitrogen and oxygen atoms in total. The summed E-state index contributed by atoms with van der Waals surface area (Å²) in [5.41, 5.74) is 4.99. The van der Waals surface area contributed by atoms with Crippen molar-refractivity contribution in [2.24, 2.45) is 0 Å². The summed E-state index contributed by atoms with van der Waals surface area (Å²) in [6.07, 6.45) is 2.41. The number of aromatic nitrogens is 1. The summed E-state index contributed by atoms with van der Waals surface area (Å²) in [4.78, 5) is 30.7. The maximum Gasteiger partial charge on any atom is 0.339 e. The second-order valence-corrected chi connectivity index (χ2v) is 8.56. The molecule has 5 rings (SSSR count). The fourth-order valence-electron chi connectivity index (χ4n) is 4.71. The van der Waals surface area contributed by atoms with Crippen LogP contribution in [0.5, 0.6) is 0 Å². The van der Waals surface area contributed by atoms with Crippen LogP contribution in [0.1, 0.15) is 45.1 Å². The van der Waals surface area contributed by atoms with Gasteiger partial charge in [-0.1, -0.05) is 60.7 Å². The Morgan fingerprint density at radius 2 is 1.74 bits per heavy atom. The van der Waals surface area contributed by atoms with E-state index in [1.54, 1.807) is 24.3 Å². The number of nitrogens with one attached hydrogen (secondary N) is 1. The van der Waals surface area contributed by atoms with E-state index < -0.39 is 18.5 Å². The average Bonchev–Trinajstić information content (AvgIpc) is 2.91. The molecule has 0 fully saturated rings. The van der Waals surface area contributed by atoms with E-state index in [1.165, 1.54) is 5.56 Å². The quantitative estimate of drug-likeness (QED) is 0.414. The highest BCUT2D eigenvalue weighted by Gasteiger charge is 2.28. The van der Waals surface area contributed by atoms with Gasteiger partial charge in [-0.15, -0.1) is 0 Å². The highest BCUT2D eigenvalue weighted by Crippen LogP contribution is 2.36. The minimum atomic E-state index is -0.544. The number of pyridine rings is 1. The van der Waals surface area contributed by atoms with Crippen molar-refractivity contribution in [1.82, 2.24) is 4.98 Å². The van der Waals surface area contributed by atoms with Gasteiger partial charge in [-0.05, 0) is 54.5 Å². The third-order valence-corrected chi connectivity index (χ3v) is 6.39. The first-order valence-electron chi connectivity index (χ1n) is 11.6. The molecule has 3 aromatic carbocycles. The van der Waals surface area contributed by atoms with Crippen LogP contribution < -0.4 is 5.32 Å². The van der Waals surface area contributed by atoms with Crippen molar-refractivity contribution < 1.29 is 14.3 Å². The minimum absolute atomic E-state index is 0.281. The molecule has 1 amide bonds.